The van der Waals surface area contributed by atoms with Gasteiger partial charge in [0.1, 0.15) is 0 Å². The first-order valence-electron chi connectivity index (χ1n) is 7.51. The Hall–Kier alpha value is -2.58. The lowest BCUT2D eigenvalue weighted by Gasteiger charge is -2.18. The minimum atomic E-state index is -0.390. The van der Waals surface area contributed by atoms with E-state index in [0.717, 1.165) is 10.2 Å². The maximum Gasteiger partial charge on any atom is 0.229 e. The topological polar surface area (TPSA) is 49.4 Å². The second kappa shape index (κ2) is 6.90. The molecule has 0 saturated carbocycles. The Bertz CT molecular complexity index is 841. The number of hydrogen-bond donors (Lipinski definition) is 1. The summed E-state index contributed by atoms with van der Waals surface area (Å²) in [5.74, 6) is 1.91. The number of halogens is 1. The summed E-state index contributed by atoms with van der Waals surface area (Å²) in [6.45, 7) is 0.363. The molecule has 4 nitrogen and oxygen atoms in total. The number of nitrogens with zero attached hydrogens (tertiary/aromatic N) is 1. The number of terminal acetylenes is 1. The number of amides is 2. The lowest BCUT2D eigenvalue weighted by Crippen LogP contribution is -2.28. The number of carbonyl (C=O) groups excluding carboxylic acids is 2. The summed E-state index contributed by atoms with van der Waals surface area (Å²) >= 11 is 3.45. The molecule has 5 heteroatoms. The zero-order chi connectivity index (χ0) is 17.1. The van der Waals surface area contributed by atoms with Gasteiger partial charge in [-0.2, -0.15) is 0 Å². The quantitative estimate of drug-likeness (QED) is 0.826. The second-order valence-corrected chi connectivity index (χ2v) is 6.43. The van der Waals surface area contributed by atoms with Crippen molar-refractivity contribution in [1.29, 1.82) is 0 Å². The third kappa shape index (κ3) is 3.34. The Morgan fingerprint density at radius 3 is 2.79 bits per heavy atom. The Labute approximate surface area is 149 Å². The number of para-hydroxylation sites is 1. The van der Waals surface area contributed by atoms with Gasteiger partial charge < -0.3 is 10.2 Å². The number of hydrogen-bond acceptors (Lipinski definition) is 2. The van der Waals surface area contributed by atoms with Crippen molar-refractivity contribution in [2.75, 3.05) is 16.8 Å². The van der Waals surface area contributed by atoms with Crippen molar-refractivity contribution in [3.05, 3.63) is 58.6 Å². The van der Waals surface area contributed by atoms with E-state index in [9.17, 15) is 9.59 Å². The summed E-state index contributed by atoms with van der Waals surface area (Å²) in [4.78, 5) is 26.4. The first-order valence-corrected chi connectivity index (χ1v) is 8.30. The van der Waals surface area contributed by atoms with Crippen LogP contribution in [0.3, 0.4) is 0 Å². The van der Waals surface area contributed by atoms with E-state index >= 15 is 0 Å². The molecule has 1 aliphatic heterocycles. The lowest BCUT2D eigenvalue weighted by molar-refractivity contribution is -0.122. The van der Waals surface area contributed by atoms with Gasteiger partial charge in [0, 0.05) is 28.7 Å². The zero-order valence-electron chi connectivity index (χ0n) is 12.8. The van der Waals surface area contributed by atoms with E-state index in [1.165, 1.54) is 0 Å². The molecular weight excluding hydrogens is 368 g/mol. The Morgan fingerprint density at radius 2 is 2.04 bits per heavy atom. The first kappa shape index (κ1) is 16.3. The summed E-state index contributed by atoms with van der Waals surface area (Å²) in [6.07, 6.45) is 5.56. The molecule has 1 aliphatic rings. The molecule has 0 aliphatic carbocycles. The van der Waals surface area contributed by atoms with Crippen molar-refractivity contribution in [3.63, 3.8) is 0 Å². The zero-order valence-corrected chi connectivity index (χ0v) is 14.4. The van der Waals surface area contributed by atoms with Gasteiger partial charge in [0.05, 0.1) is 11.6 Å². The Kier molecular flexibility index (Phi) is 4.68. The highest BCUT2D eigenvalue weighted by molar-refractivity contribution is 9.10. The fourth-order valence-electron chi connectivity index (χ4n) is 2.72. The maximum atomic E-state index is 12.5. The molecule has 2 aromatic carbocycles. The summed E-state index contributed by atoms with van der Waals surface area (Å²) in [5, 5.41) is 2.84. The van der Waals surface area contributed by atoms with Gasteiger partial charge in [-0.15, -0.1) is 6.42 Å². The van der Waals surface area contributed by atoms with E-state index in [2.05, 4.69) is 27.2 Å². The predicted molar refractivity (Wildman–Crippen MR) is 97.6 cm³/mol. The van der Waals surface area contributed by atoms with Crippen molar-refractivity contribution in [2.45, 2.75) is 6.42 Å². The van der Waals surface area contributed by atoms with Crippen LogP contribution in [0, 0.1) is 18.3 Å². The second-order valence-electron chi connectivity index (χ2n) is 5.57. The molecule has 1 heterocycles. The summed E-state index contributed by atoms with van der Waals surface area (Å²) in [6, 6.07) is 14.6. The minimum Gasteiger partial charge on any atom is -0.326 e. The van der Waals surface area contributed by atoms with E-state index in [1.807, 2.05) is 24.3 Å². The molecule has 1 N–H and O–H groups in total. The molecular formula is C19H15BrN2O2. The number of anilines is 2. The molecule has 120 valence electrons. The van der Waals surface area contributed by atoms with Crippen molar-refractivity contribution < 1.29 is 9.59 Å². The van der Waals surface area contributed by atoms with Crippen LogP contribution in [0.5, 0.6) is 0 Å². The van der Waals surface area contributed by atoms with Crippen LogP contribution in [-0.2, 0) is 9.59 Å². The molecule has 3 rings (SSSR count). The average molecular weight is 383 g/mol. The molecule has 0 aromatic heterocycles. The number of carbonyl (C=O) groups is 2. The van der Waals surface area contributed by atoms with Gasteiger partial charge in [0.2, 0.25) is 11.8 Å². The van der Waals surface area contributed by atoms with Crippen molar-refractivity contribution in [3.8, 4) is 12.3 Å². The maximum absolute atomic E-state index is 12.5. The normalized spacial score (nSPS) is 16.8. The van der Waals surface area contributed by atoms with Crippen LogP contribution < -0.4 is 10.2 Å². The van der Waals surface area contributed by atoms with Crippen molar-refractivity contribution in [2.24, 2.45) is 5.92 Å². The largest absolute Gasteiger partial charge is 0.326 e. The van der Waals surface area contributed by atoms with Crippen LogP contribution in [-0.4, -0.2) is 18.4 Å². The molecule has 0 radical (unpaired) electrons. The molecule has 2 amide bonds. The summed E-state index contributed by atoms with van der Waals surface area (Å²) in [5.41, 5.74) is 2.12. The first-order chi connectivity index (χ1) is 11.6. The molecule has 0 spiro atoms. The van der Waals surface area contributed by atoms with Crippen LogP contribution in [0.15, 0.2) is 53.0 Å². The van der Waals surface area contributed by atoms with Gasteiger partial charge in [-0.25, -0.2) is 0 Å². The molecule has 1 atom stereocenters. The molecule has 1 unspecified atom stereocenters. The Balaban J connectivity index is 1.72. The van der Waals surface area contributed by atoms with Crippen LogP contribution in [0.2, 0.25) is 0 Å². The molecule has 1 fully saturated rings. The molecule has 1 saturated heterocycles. The van der Waals surface area contributed by atoms with Gasteiger partial charge in [-0.05, 0) is 46.3 Å². The van der Waals surface area contributed by atoms with Gasteiger partial charge in [-0.3, -0.25) is 9.59 Å². The van der Waals surface area contributed by atoms with Crippen molar-refractivity contribution in [1.82, 2.24) is 0 Å². The highest BCUT2D eigenvalue weighted by Gasteiger charge is 2.35. The van der Waals surface area contributed by atoms with Gasteiger partial charge >= 0.3 is 0 Å². The number of rotatable bonds is 3. The SMILES string of the molecule is C#Cc1cccc(NC(=O)C2CC(=O)N(c3ccccc3Br)C2)c1. The monoisotopic (exact) mass is 382 g/mol. The minimum absolute atomic E-state index is 0.0561. The van der Waals surface area contributed by atoms with Gasteiger partial charge in [0.15, 0.2) is 0 Å². The van der Waals surface area contributed by atoms with E-state index in [1.54, 1.807) is 29.2 Å². The lowest BCUT2D eigenvalue weighted by atomic mass is 10.1. The van der Waals surface area contributed by atoms with Gasteiger partial charge in [0.25, 0.3) is 0 Å². The summed E-state index contributed by atoms with van der Waals surface area (Å²) < 4.78 is 0.834. The average Bonchev–Trinajstić information content (AvgIpc) is 2.97. The fraction of sp³-hybridized carbons (Fsp3) is 0.158. The predicted octanol–water partition coefficient (Wildman–Crippen LogP) is 3.42. The number of benzene rings is 2. The third-order valence-electron chi connectivity index (χ3n) is 3.94. The molecule has 24 heavy (non-hydrogen) atoms. The standard InChI is InChI=1S/C19H15BrN2O2/c1-2-13-6-5-7-15(10-13)21-19(24)14-11-18(23)22(12-14)17-9-4-3-8-16(17)20/h1,3-10,14H,11-12H2,(H,21,24). The fourth-order valence-corrected chi connectivity index (χ4v) is 3.22. The molecule has 2 aromatic rings. The highest BCUT2D eigenvalue weighted by atomic mass is 79.9. The molecule has 0 bridgehead atoms. The Morgan fingerprint density at radius 1 is 1.25 bits per heavy atom. The van der Waals surface area contributed by atoms with Gasteiger partial charge in [-0.1, -0.05) is 24.1 Å². The van der Waals surface area contributed by atoms with Crippen LogP contribution in [0.25, 0.3) is 0 Å². The smallest absolute Gasteiger partial charge is 0.229 e. The van der Waals surface area contributed by atoms with Crippen LogP contribution in [0.4, 0.5) is 11.4 Å². The van der Waals surface area contributed by atoms with Crippen LogP contribution >= 0.6 is 15.9 Å². The summed E-state index contributed by atoms with van der Waals surface area (Å²) in [7, 11) is 0. The van der Waals surface area contributed by atoms with Crippen molar-refractivity contribution >= 4 is 39.1 Å². The van der Waals surface area contributed by atoms with Crippen LogP contribution in [0.1, 0.15) is 12.0 Å². The number of nitrogens with one attached hydrogen (secondary N) is 1. The van der Waals surface area contributed by atoms with E-state index in [0.29, 0.717) is 17.8 Å². The van der Waals surface area contributed by atoms with E-state index in [4.69, 9.17) is 6.42 Å². The van der Waals surface area contributed by atoms with E-state index in [-0.39, 0.29) is 24.2 Å². The highest BCUT2D eigenvalue weighted by Crippen LogP contribution is 2.31. The van der Waals surface area contributed by atoms with E-state index < -0.39 is 0 Å². The third-order valence-corrected chi connectivity index (χ3v) is 4.61.